The van der Waals surface area contributed by atoms with Gasteiger partial charge >= 0.3 is 0 Å². The molecule has 0 bridgehead atoms. The Morgan fingerprint density at radius 2 is 0.820 bits per heavy atom. The largest absolute Gasteiger partial charge is 0.380 e. The number of alkyl halides is 2. The first kappa shape index (κ1) is 49.1. The molecule has 6 rings (SSSR count). The Morgan fingerprint density at radius 1 is 0.475 bits per heavy atom. The van der Waals surface area contributed by atoms with Gasteiger partial charge in [-0.25, -0.2) is 17.6 Å². The van der Waals surface area contributed by atoms with Crippen LogP contribution >= 0.6 is 0 Å². The number of unbranched alkanes of at least 4 members (excludes halogenated alkanes) is 12. The van der Waals surface area contributed by atoms with Crippen LogP contribution in [0.2, 0.25) is 0 Å². The summed E-state index contributed by atoms with van der Waals surface area (Å²) in [5.41, 5.74) is -5.47. The fourth-order valence-corrected chi connectivity index (χ4v) is 14.0. The molecule has 0 radical (unpaired) electrons. The van der Waals surface area contributed by atoms with Crippen LogP contribution < -0.4 is 0 Å². The summed E-state index contributed by atoms with van der Waals surface area (Å²) >= 11 is 0. The number of halogens is 4. The Labute approximate surface area is 372 Å². The summed E-state index contributed by atoms with van der Waals surface area (Å²) in [6.07, 6.45) is 48.8. The summed E-state index contributed by atoms with van der Waals surface area (Å²) in [5, 5.41) is 0. The number of hydrogen-bond donors (Lipinski definition) is 0. The molecule has 61 heavy (non-hydrogen) atoms. The monoisotopic (exact) mass is 855 g/mol. The summed E-state index contributed by atoms with van der Waals surface area (Å²) in [5.74, 6) is -0.131. The van der Waals surface area contributed by atoms with Gasteiger partial charge in [0.15, 0.2) is 11.3 Å². The Balaban J connectivity index is 0.979. The van der Waals surface area contributed by atoms with Gasteiger partial charge in [0, 0.05) is 22.7 Å². The average molecular weight is 855 g/mol. The Hall–Kier alpha value is -1.36. The van der Waals surface area contributed by atoms with Crippen molar-refractivity contribution in [1.29, 1.82) is 0 Å². The predicted octanol–water partition coefficient (Wildman–Crippen LogP) is 18.3. The highest BCUT2D eigenvalue weighted by atomic mass is 19.2. The van der Waals surface area contributed by atoms with Crippen molar-refractivity contribution in [2.75, 3.05) is 13.2 Å². The molecule has 0 aromatic carbocycles. The standard InChI is InChI=1S/C56H90F4O/c1-3-5-7-9-11-13-17-23-45-25-29-49(30-26-45)53(35-19-15-20-36-53)55(59)39-33-47(41-51(55)57)43-61-44-48-34-40-56(60,52(58)42-48)54(37-21-16-22-38-54)50-31-27-46(28-32-50)24-18-14-12-10-8-6-4-2/h33-34,39-42,45-50H,3-32,35-38,43-44H2,1-2H3/t45?,46?,47-,48-,49?,50?,55-,56-/m1/s1. The van der Waals surface area contributed by atoms with E-state index in [9.17, 15) is 0 Å². The van der Waals surface area contributed by atoms with Crippen LogP contribution in [0.25, 0.3) is 0 Å². The van der Waals surface area contributed by atoms with Crippen LogP contribution in [0.15, 0.2) is 48.1 Å². The van der Waals surface area contributed by atoms with Crippen molar-refractivity contribution in [3.05, 3.63) is 48.1 Å². The first-order chi connectivity index (χ1) is 29.7. The number of rotatable bonds is 24. The molecule has 4 atom stereocenters. The smallest absolute Gasteiger partial charge is 0.185 e. The minimum absolute atomic E-state index is 0.198. The van der Waals surface area contributed by atoms with E-state index in [0.717, 1.165) is 127 Å². The minimum Gasteiger partial charge on any atom is -0.380 e. The van der Waals surface area contributed by atoms with Crippen molar-refractivity contribution in [3.63, 3.8) is 0 Å². The molecular weight excluding hydrogens is 765 g/mol. The zero-order chi connectivity index (χ0) is 43.0. The van der Waals surface area contributed by atoms with E-state index in [4.69, 9.17) is 4.74 Å². The molecule has 5 heteroatoms. The summed E-state index contributed by atoms with van der Waals surface area (Å²) < 4.78 is 73.7. The second kappa shape index (κ2) is 24.2. The lowest BCUT2D eigenvalue weighted by atomic mass is 9.53. The van der Waals surface area contributed by atoms with Gasteiger partial charge in [-0.15, -0.1) is 0 Å². The molecule has 1 nitrogen and oxygen atoms in total. The van der Waals surface area contributed by atoms with Gasteiger partial charge in [-0.1, -0.05) is 193 Å². The highest BCUT2D eigenvalue weighted by molar-refractivity contribution is 5.35. The van der Waals surface area contributed by atoms with E-state index in [1.54, 1.807) is 12.2 Å². The maximum Gasteiger partial charge on any atom is 0.185 e. The number of allylic oxidation sites excluding steroid dienone is 4. The molecule has 0 aromatic rings. The highest BCUT2D eigenvalue weighted by Gasteiger charge is 2.60. The van der Waals surface area contributed by atoms with Crippen molar-refractivity contribution in [2.45, 2.75) is 243 Å². The molecular formula is C56H90F4O. The van der Waals surface area contributed by atoms with E-state index in [0.29, 0.717) is 0 Å². The van der Waals surface area contributed by atoms with E-state index < -0.39 is 33.8 Å². The van der Waals surface area contributed by atoms with E-state index in [2.05, 4.69) is 13.8 Å². The van der Waals surface area contributed by atoms with Gasteiger partial charge < -0.3 is 4.74 Å². The normalized spacial score (nSPS) is 33.9. The fourth-order valence-electron chi connectivity index (χ4n) is 14.0. The van der Waals surface area contributed by atoms with Crippen LogP contribution in [0.1, 0.15) is 232 Å². The molecule has 0 aromatic heterocycles. The Morgan fingerprint density at radius 3 is 1.16 bits per heavy atom. The second-order valence-electron chi connectivity index (χ2n) is 21.7. The summed E-state index contributed by atoms with van der Waals surface area (Å²) in [6, 6.07) is 0. The SMILES string of the molecule is CCCCCCCCCC1CCC(C2([C@@]3(F)C=C[C@@H](COC[C@@H]4C=C[C@](F)(C5(C6CCC(CCCCCCCCC)CC6)CCCCC5)C(F)=C4)C=C3F)CCCCC2)CC1. The van der Waals surface area contributed by atoms with Crippen LogP contribution in [-0.2, 0) is 4.74 Å². The molecule has 4 saturated carbocycles. The van der Waals surface area contributed by atoms with Crippen LogP contribution in [0.5, 0.6) is 0 Å². The van der Waals surface area contributed by atoms with Crippen LogP contribution in [0.4, 0.5) is 17.6 Å². The summed E-state index contributed by atoms with van der Waals surface area (Å²) in [7, 11) is 0. The molecule has 4 fully saturated rings. The van der Waals surface area contributed by atoms with Crippen LogP contribution in [-0.4, -0.2) is 24.6 Å². The molecule has 0 aliphatic heterocycles. The molecule has 0 amide bonds. The molecule has 6 aliphatic rings. The number of hydrogen-bond acceptors (Lipinski definition) is 1. The summed E-state index contributed by atoms with van der Waals surface area (Å²) in [6.45, 7) is 4.93. The second-order valence-corrected chi connectivity index (χ2v) is 21.7. The van der Waals surface area contributed by atoms with E-state index in [1.165, 1.54) is 115 Å². The first-order valence-corrected chi connectivity index (χ1v) is 26.8. The number of ether oxygens (including phenoxy) is 1. The van der Waals surface area contributed by atoms with Crippen molar-refractivity contribution < 1.29 is 22.3 Å². The van der Waals surface area contributed by atoms with Crippen LogP contribution in [0.3, 0.4) is 0 Å². The van der Waals surface area contributed by atoms with Gasteiger partial charge in [0.25, 0.3) is 0 Å². The van der Waals surface area contributed by atoms with Gasteiger partial charge in [0.05, 0.1) is 13.2 Å². The summed E-state index contributed by atoms with van der Waals surface area (Å²) in [4.78, 5) is 0. The molecule has 0 spiro atoms. The van der Waals surface area contributed by atoms with E-state index in [-0.39, 0.29) is 36.9 Å². The van der Waals surface area contributed by atoms with Crippen molar-refractivity contribution in [1.82, 2.24) is 0 Å². The quantitative estimate of drug-likeness (QED) is 0.0534. The van der Waals surface area contributed by atoms with Gasteiger partial charge in [0.2, 0.25) is 0 Å². The Kier molecular flexibility index (Phi) is 19.5. The highest BCUT2D eigenvalue weighted by Crippen LogP contribution is 2.62. The lowest BCUT2D eigenvalue weighted by molar-refractivity contribution is -0.0591. The van der Waals surface area contributed by atoms with Crippen molar-refractivity contribution in [3.8, 4) is 0 Å². The Bertz CT molecular complexity index is 1280. The molecule has 0 saturated heterocycles. The average Bonchev–Trinajstić information content (AvgIpc) is 3.29. The van der Waals surface area contributed by atoms with Crippen molar-refractivity contribution >= 4 is 0 Å². The maximum absolute atomic E-state index is 17.4. The predicted molar refractivity (Wildman–Crippen MR) is 249 cm³/mol. The maximum atomic E-state index is 17.4. The van der Waals surface area contributed by atoms with Gasteiger partial charge in [-0.2, -0.15) is 0 Å². The molecule has 6 aliphatic carbocycles. The third-order valence-corrected chi connectivity index (χ3v) is 17.8. The lowest BCUT2D eigenvalue weighted by Gasteiger charge is -2.53. The van der Waals surface area contributed by atoms with Gasteiger partial charge in [-0.3, -0.25) is 0 Å². The first-order valence-electron chi connectivity index (χ1n) is 26.8. The van der Waals surface area contributed by atoms with E-state index in [1.807, 2.05) is 12.2 Å². The third kappa shape index (κ3) is 12.1. The lowest BCUT2D eigenvalue weighted by Crippen LogP contribution is -2.52. The molecule has 348 valence electrons. The van der Waals surface area contributed by atoms with Gasteiger partial charge in [-0.05, 0) is 99.3 Å². The molecule has 0 heterocycles. The van der Waals surface area contributed by atoms with E-state index >= 15 is 17.6 Å². The van der Waals surface area contributed by atoms with Crippen LogP contribution in [0, 0.1) is 46.3 Å². The molecule has 0 unspecified atom stereocenters. The third-order valence-electron chi connectivity index (χ3n) is 17.8. The van der Waals surface area contributed by atoms with Crippen molar-refractivity contribution in [2.24, 2.45) is 46.3 Å². The molecule has 0 N–H and O–H groups in total. The zero-order valence-electron chi connectivity index (χ0n) is 39.3. The van der Waals surface area contributed by atoms with Gasteiger partial charge in [0.1, 0.15) is 11.7 Å². The minimum atomic E-state index is -2.07. The zero-order valence-corrected chi connectivity index (χ0v) is 39.3. The fraction of sp³-hybridized carbons (Fsp3) is 0.857. The topological polar surface area (TPSA) is 9.23 Å².